The summed E-state index contributed by atoms with van der Waals surface area (Å²) in [4.78, 5) is 42.1. The molecule has 2 aromatic rings. The van der Waals surface area contributed by atoms with Crippen LogP contribution in [0.5, 0.6) is 0 Å². The predicted octanol–water partition coefficient (Wildman–Crippen LogP) is -0.478. The highest BCUT2D eigenvalue weighted by Gasteiger charge is 2.24. The lowest BCUT2D eigenvalue weighted by Gasteiger charge is -2.34. The largest absolute Gasteiger partial charge is 0.337 e. The van der Waals surface area contributed by atoms with Crippen molar-refractivity contribution in [3.05, 3.63) is 46.9 Å². The monoisotopic (exact) mass is 286 g/mol. The Bertz CT molecular complexity index is 678. The van der Waals surface area contributed by atoms with Gasteiger partial charge in [-0.2, -0.15) is 0 Å². The lowest BCUT2D eigenvalue weighted by Crippen LogP contribution is -2.50. The van der Waals surface area contributed by atoms with Crippen LogP contribution in [0, 0.1) is 0 Å². The SMILES string of the molecule is O=C(c1cnc[nH]c1=O)N1CCN(c2ncccn2)CC1. The average Bonchev–Trinajstić information content (AvgIpc) is 2.56. The first-order valence-corrected chi connectivity index (χ1v) is 6.59. The number of carbonyl (C=O) groups excluding carboxylic acids is 1. The highest BCUT2D eigenvalue weighted by molar-refractivity contribution is 5.93. The average molecular weight is 286 g/mol. The molecule has 0 bridgehead atoms. The van der Waals surface area contributed by atoms with E-state index in [9.17, 15) is 9.59 Å². The molecule has 108 valence electrons. The third kappa shape index (κ3) is 2.73. The number of nitrogens with one attached hydrogen (secondary N) is 1. The molecular formula is C13H14N6O2. The van der Waals surface area contributed by atoms with Gasteiger partial charge in [-0.25, -0.2) is 15.0 Å². The van der Waals surface area contributed by atoms with Gasteiger partial charge in [0, 0.05) is 44.8 Å². The molecule has 1 saturated heterocycles. The quantitative estimate of drug-likeness (QED) is 0.801. The van der Waals surface area contributed by atoms with E-state index in [2.05, 4.69) is 19.9 Å². The molecule has 21 heavy (non-hydrogen) atoms. The minimum atomic E-state index is -0.413. The van der Waals surface area contributed by atoms with Crippen molar-refractivity contribution < 1.29 is 4.79 Å². The Morgan fingerprint density at radius 2 is 1.86 bits per heavy atom. The number of anilines is 1. The minimum absolute atomic E-state index is 0.0712. The third-order valence-electron chi connectivity index (χ3n) is 3.35. The molecule has 2 aromatic heterocycles. The molecule has 8 nitrogen and oxygen atoms in total. The van der Waals surface area contributed by atoms with E-state index in [1.54, 1.807) is 23.4 Å². The summed E-state index contributed by atoms with van der Waals surface area (Å²) in [5.41, 5.74) is -0.342. The van der Waals surface area contributed by atoms with Crippen molar-refractivity contribution in [2.75, 3.05) is 31.1 Å². The van der Waals surface area contributed by atoms with Crippen molar-refractivity contribution in [2.24, 2.45) is 0 Å². The van der Waals surface area contributed by atoms with E-state index < -0.39 is 5.56 Å². The lowest BCUT2D eigenvalue weighted by molar-refractivity contribution is 0.0744. The molecule has 1 N–H and O–H groups in total. The van der Waals surface area contributed by atoms with Gasteiger partial charge in [0.15, 0.2) is 0 Å². The molecule has 0 aromatic carbocycles. The second kappa shape index (κ2) is 5.70. The molecule has 0 atom stereocenters. The van der Waals surface area contributed by atoms with Crippen molar-refractivity contribution in [3.63, 3.8) is 0 Å². The Kier molecular flexibility index (Phi) is 3.59. The summed E-state index contributed by atoms with van der Waals surface area (Å²) in [5, 5.41) is 0. The van der Waals surface area contributed by atoms with E-state index in [-0.39, 0.29) is 11.5 Å². The molecule has 3 heterocycles. The molecule has 0 spiro atoms. The summed E-state index contributed by atoms with van der Waals surface area (Å²) >= 11 is 0. The number of H-pyrrole nitrogens is 1. The van der Waals surface area contributed by atoms with Gasteiger partial charge in [-0.15, -0.1) is 0 Å². The number of hydrogen-bond donors (Lipinski definition) is 1. The van der Waals surface area contributed by atoms with Crippen molar-refractivity contribution in [1.82, 2.24) is 24.8 Å². The second-order valence-corrected chi connectivity index (χ2v) is 4.62. The van der Waals surface area contributed by atoms with Gasteiger partial charge in [-0.1, -0.05) is 0 Å². The maximum atomic E-state index is 12.3. The number of nitrogens with zero attached hydrogens (tertiary/aromatic N) is 5. The Morgan fingerprint density at radius 1 is 1.14 bits per heavy atom. The smallest absolute Gasteiger partial charge is 0.263 e. The van der Waals surface area contributed by atoms with Crippen LogP contribution < -0.4 is 10.5 Å². The Balaban J connectivity index is 1.68. The van der Waals surface area contributed by atoms with Crippen LogP contribution in [0.2, 0.25) is 0 Å². The zero-order valence-corrected chi connectivity index (χ0v) is 11.3. The normalized spacial score (nSPS) is 15.0. The summed E-state index contributed by atoms with van der Waals surface area (Å²) in [6.07, 6.45) is 5.95. The fraction of sp³-hybridized carbons (Fsp3) is 0.308. The molecule has 1 amide bonds. The van der Waals surface area contributed by atoms with E-state index in [0.29, 0.717) is 32.1 Å². The van der Waals surface area contributed by atoms with Crippen LogP contribution in [0.25, 0.3) is 0 Å². The van der Waals surface area contributed by atoms with Gasteiger partial charge in [0.25, 0.3) is 11.5 Å². The van der Waals surface area contributed by atoms with Crippen LogP contribution in [0.15, 0.2) is 35.8 Å². The highest BCUT2D eigenvalue weighted by atomic mass is 16.2. The molecule has 1 aliphatic heterocycles. The van der Waals surface area contributed by atoms with Crippen LogP contribution in [0.4, 0.5) is 5.95 Å². The fourth-order valence-electron chi connectivity index (χ4n) is 2.23. The zero-order valence-electron chi connectivity index (χ0n) is 11.3. The molecule has 0 saturated carbocycles. The predicted molar refractivity (Wildman–Crippen MR) is 75.0 cm³/mol. The van der Waals surface area contributed by atoms with E-state index in [0.717, 1.165) is 0 Å². The highest BCUT2D eigenvalue weighted by Crippen LogP contribution is 2.10. The van der Waals surface area contributed by atoms with E-state index >= 15 is 0 Å². The molecule has 1 aliphatic rings. The summed E-state index contributed by atoms with van der Waals surface area (Å²) in [6, 6.07) is 1.76. The third-order valence-corrected chi connectivity index (χ3v) is 3.35. The molecule has 1 fully saturated rings. The van der Waals surface area contributed by atoms with Crippen molar-refractivity contribution in [2.45, 2.75) is 0 Å². The standard InChI is InChI=1S/C13H14N6O2/c20-11-10(8-14-9-17-11)12(21)18-4-6-19(7-5-18)13-15-2-1-3-16-13/h1-3,8-9H,4-7H2,(H,14,17,20). The molecular weight excluding hydrogens is 272 g/mol. The number of amides is 1. The summed E-state index contributed by atoms with van der Waals surface area (Å²) in [6.45, 7) is 2.30. The first-order valence-electron chi connectivity index (χ1n) is 6.59. The van der Waals surface area contributed by atoms with Crippen LogP contribution in [0.1, 0.15) is 10.4 Å². The van der Waals surface area contributed by atoms with Gasteiger partial charge in [0.05, 0.1) is 6.33 Å². The van der Waals surface area contributed by atoms with Crippen LogP contribution in [-0.2, 0) is 0 Å². The fourth-order valence-corrected chi connectivity index (χ4v) is 2.23. The Hall–Kier alpha value is -2.77. The number of aromatic amines is 1. The topological polar surface area (TPSA) is 95.1 Å². The Labute approximate surface area is 120 Å². The number of piperazine rings is 1. The summed E-state index contributed by atoms with van der Waals surface area (Å²) in [7, 11) is 0. The molecule has 0 radical (unpaired) electrons. The maximum Gasteiger partial charge on any atom is 0.263 e. The first kappa shape index (κ1) is 13.2. The summed E-state index contributed by atoms with van der Waals surface area (Å²) in [5.74, 6) is 0.363. The van der Waals surface area contributed by atoms with Crippen LogP contribution in [-0.4, -0.2) is 56.9 Å². The zero-order chi connectivity index (χ0) is 14.7. The minimum Gasteiger partial charge on any atom is -0.337 e. The first-order chi connectivity index (χ1) is 10.3. The van der Waals surface area contributed by atoms with Gasteiger partial charge in [0.2, 0.25) is 5.95 Å². The lowest BCUT2D eigenvalue weighted by atomic mass is 10.2. The van der Waals surface area contributed by atoms with Gasteiger partial charge in [0.1, 0.15) is 5.56 Å². The number of hydrogen-bond acceptors (Lipinski definition) is 6. The van der Waals surface area contributed by atoms with E-state index in [1.807, 2.05) is 4.90 Å². The van der Waals surface area contributed by atoms with Gasteiger partial charge in [-0.05, 0) is 6.07 Å². The van der Waals surface area contributed by atoms with E-state index in [4.69, 9.17) is 0 Å². The molecule has 8 heteroatoms. The van der Waals surface area contributed by atoms with Crippen molar-refractivity contribution >= 4 is 11.9 Å². The summed E-state index contributed by atoms with van der Waals surface area (Å²) < 4.78 is 0. The molecule has 0 unspecified atom stereocenters. The second-order valence-electron chi connectivity index (χ2n) is 4.62. The number of carbonyl (C=O) groups is 1. The maximum absolute atomic E-state index is 12.3. The molecule has 0 aliphatic carbocycles. The molecule has 3 rings (SSSR count). The van der Waals surface area contributed by atoms with Crippen molar-refractivity contribution in [3.8, 4) is 0 Å². The van der Waals surface area contributed by atoms with Crippen LogP contribution >= 0.6 is 0 Å². The van der Waals surface area contributed by atoms with E-state index in [1.165, 1.54) is 12.5 Å². The number of aromatic nitrogens is 4. The Morgan fingerprint density at radius 3 is 2.52 bits per heavy atom. The number of rotatable bonds is 2. The van der Waals surface area contributed by atoms with Crippen LogP contribution in [0.3, 0.4) is 0 Å². The van der Waals surface area contributed by atoms with Gasteiger partial charge < -0.3 is 14.8 Å². The van der Waals surface area contributed by atoms with Gasteiger partial charge in [-0.3, -0.25) is 9.59 Å². The van der Waals surface area contributed by atoms with Gasteiger partial charge >= 0.3 is 0 Å². The van der Waals surface area contributed by atoms with Crippen molar-refractivity contribution in [1.29, 1.82) is 0 Å².